The first-order chi connectivity index (χ1) is 13.5. The van der Waals surface area contributed by atoms with Crippen molar-refractivity contribution in [3.63, 3.8) is 0 Å². The molecule has 2 N–H and O–H groups in total. The van der Waals surface area contributed by atoms with E-state index < -0.39 is 23.0 Å². The highest BCUT2D eigenvalue weighted by Gasteiger charge is 2.48. The molecule has 8 heteroatoms. The lowest BCUT2D eigenvalue weighted by atomic mass is 9.78. The number of alkyl halides is 3. The number of halogens is 5. The minimum atomic E-state index is -4.51. The molecule has 0 saturated carbocycles. The molecule has 1 aliphatic heterocycles. The predicted octanol–water partition coefficient (Wildman–Crippen LogP) is 5.95. The number of fused-ring (bicyclic) bond motifs is 1. The Bertz CT molecular complexity index is 912. The van der Waals surface area contributed by atoms with E-state index in [1.54, 1.807) is 18.0 Å². The second-order valence-electron chi connectivity index (χ2n) is 7.91. The van der Waals surface area contributed by atoms with Crippen LogP contribution in [0.2, 0.25) is 5.02 Å². The van der Waals surface area contributed by atoms with E-state index >= 15 is 0 Å². The molecule has 29 heavy (non-hydrogen) atoms. The second-order valence-corrected chi connectivity index (χ2v) is 8.32. The van der Waals surface area contributed by atoms with Crippen molar-refractivity contribution in [2.45, 2.75) is 37.9 Å². The molecule has 0 saturated heterocycles. The van der Waals surface area contributed by atoms with E-state index in [1.165, 1.54) is 18.2 Å². The van der Waals surface area contributed by atoms with Gasteiger partial charge >= 0.3 is 6.18 Å². The van der Waals surface area contributed by atoms with Crippen molar-refractivity contribution in [1.29, 1.82) is 0 Å². The topological polar surface area (TPSA) is 27.3 Å². The van der Waals surface area contributed by atoms with E-state index in [2.05, 4.69) is 10.6 Å². The molecule has 2 aromatic rings. The zero-order valence-electron chi connectivity index (χ0n) is 16.7. The summed E-state index contributed by atoms with van der Waals surface area (Å²) in [6.07, 6.45) is -3.80. The van der Waals surface area contributed by atoms with Crippen LogP contribution in [0, 0.1) is 5.82 Å². The number of hydrogen-bond donors (Lipinski definition) is 2. The van der Waals surface area contributed by atoms with Crippen LogP contribution >= 0.6 is 11.6 Å². The van der Waals surface area contributed by atoms with E-state index in [4.69, 9.17) is 11.6 Å². The highest BCUT2D eigenvalue weighted by Crippen LogP contribution is 2.52. The van der Waals surface area contributed by atoms with E-state index in [9.17, 15) is 17.6 Å². The van der Waals surface area contributed by atoms with Gasteiger partial charge in [0.2, 0.25) is 0 Å². The molecule has 3 nitrogen and oxygen atoms in total. The van der Waals surface area contributed by atoms with Crippen molar-refractivity contribution in [2.24, 2.45) is 0 Å². The van der Waals surface area contributed by atoms with Crippen LogP contribution in [0.3, 0.4) is 0 Å². The fourth-order valence-corrected chi connectivity index (χ4v) is 4.37. The van der Waals surface area contributed by atoms with Crippen LogP contribution < -0.4 is 15.5 Å². The summed E-state index contributed by atoms with van der Waals surface area (Å²) in [6, 6.07) is 6.73. The number of benzene rings is 2. The lowest BCUT2D eigenvalue weighted by Gasteiger charge is -2.32. The van der Waals surface area contributed by atoms with Crippen molar-refractivity contribution < 1.29 is 17.6 Å². The lowest BCUT2D eigenvalue weighted by Crippen LogP contribution is -2.41. The highest BCUT2D eigenvalue weighted by atomic mass is 35.5. The minimum Gasteiger partial charge on any atom is -0.370 e. The Kier molecular flexibility index (Phi) is 5.75. The normalized spacial score (nSPS) is 18.1. The molecule has 3 rings (SSSR count). The molecule has 1 heterocycles. The molecular weight excluding hydrogens is 406 g/mol. The summed E-state index contributed by atoms with van der Waals surface area (Å²) in [7, 11) is 3.54. The van der Waals surface area contributed by atoms with Crippen molar-refractivity contribution in [2.75, 3.05) is 30.9 Å². The van der Waals surface area contributed by atoms with E-state index in [0.29, 0.717) is 24.2 Å². The summed E-state index contributed by atoms with van der Waals surface area (Å²) in [5, 5.41) is 5.92. The van der Waals surface area contributed by atoms with Crippen LogP contribution in [0.1, 0.15) is 31.4 Å². The summed E-state index contributed by atoms with van der Waals surface area (Å²) in [6.45, 7) is 4.63. The first kappa shape index (κ1) is 21.7. The number of nitrogens with zero attached hydrogens (tertiary/aromatic N) is 1. The maximum Gasteiger partial charge on any atom is 0.418 e. The van der Waals surface area contributed by atoms with Crippen LogP contribution in [0.25, 0.3) is 0 Å². The fourth-order valence-electron chi connectivity index (χ4n) is 4.19. The Labute approximate surface area is 173 Å². The van der Waals surface area contributed by atoms with Gasteiger partial charge in [0, 0.05) is 29.9 Å². The van der Waals surface area contributed by atoms with Gasteiger partial charge in [-0.3, -0.25) is 0 Å². The molecule has 0 aliphatic carbocycles. The Morgan fingerprint density at radius 3 is 2.41 bits per heavy atom. The van der Waals surface area contributed by atoms with Crippen molar-refractivity contribution in [3.8, 4) is 0 Å². The Morgan fingerprint density at radius 2 is 1.83 bits per heavy atom. The first-order valence-corrected chi connectivity index (χ1v) is 9.70. The van der Waals surface area contributed by atoms with Crippen molar-refractivity contribution in [1.82, 2.24) is 5.32 Å². The molecule has 0 amide bonds. The quantitative estimate of drug-likeness (QED) is 0.575. The van der Waals surface area contributed by atoms with Gasteiger partial charge in [-0.05, 0) is 55.9 Å². The molecular formula is C21H24ClF4N3. The molecule has 0 aromatic heterocycles. The van der Waals surface area contributed by atoms with Gasteiger partial charge in [-0.2, -0.15) is 13.2 Å². The molecule has 158 valence electrons. The summed E-state index contributed by atoms with van der Waals surface area (Å²) >= 11 is 5.80. The van der Waals surface area contributed by atoms with Gasteiger partial charge in [0.15, 0.2) is 0 Å². The highest BCUT2D eigenvalue weighted by molar-refractivity contribution is 6.31. The SMILES string of the molecule is CNCC[C@@H]1N(C)c2c(C(F)(F)F)cc(Nc3ccc(F)c(Cl)c3)cc2C1(C)C. The Hall–Kier alpha value is -1.99. The zero-order chi connectivity index (χ0) is 21.6. The molecule has 1 aliphatic rings. The third-order valence-corrected chi connectivity index (χ3v) is 5.93. The minimum absolute atomic E-state index is 0.0819. The average molecular weight is 430 g/mol. The average Bonchev–Trinajstić information content (AvgIpc) is 2.81. The summed E-state index contributed by atoms with van der Waals surface area (Å²) in [4.78, 5) is 1.74. The summed E-state index contributed by atoms with van der Waals surface area (Å²) < 4.78 is 55.2. The number of hydrogen-bond acceptors (Lipinski definition) is 3. The van der Waals surface area contributed by atoms with Gasteiger partial charge in [-0.15, -0.1) is 0 Å². The van der Waals surface area contributed by atoms with Gasteiger partial charge in [-0.25, -0.2) is 4.39 Å². The van der Waals surface area contributed by atoms with Gasteiger partial charge in [-0.1, -0.05) is 25.4 Å². The van der Waals surface area contributed by atoms with E-state index in [0.717, 1.165) is 6.07 Å². The smallest absolute Gasteiger partial charge is 0.370 e. The van der Waals surface area contributed by atoms with Crippen molar-refractivity contribution >= 4 is 28.7 Å². The lowest BCUT2D eigenvalue weighted by molar-refractivity contribution is -0.137. The van der Waals surface area contributed by atoms with E-state index in [-0.39, 0.29) is 22.4 Å². The zero-order valence-corrected chi connectivity index (χ0v) is 17.5. The molecule has 0 fully saturated rings. The predicted molar refractivity (Wildman–Crippen MR) is 110 cm³/mol. The van der Waals surface area contributed by atoms with Gasteiger partial charge in [0.25, 0.3) is 0 Å². The molecule has 2 aromatic carbocycles. The van der Waals surface area contributed by atoms with E-state index in [1.807, 2.05) is 20.9 Å². The third kappa shape index (κ3) is 4.03. The fraction of sp³-hybridized carbons (Fsp3) is 0.429. The first-order valence-electron chi connectivity index (χ1n) is 9.32. The van der Waals surface area contributed by atoms with Crippen LogP contribution in [0.15, 0.2) is 30.3 Å². The summed E-state index contributed by atoms with van der Waals surface area (Å²) in [5.74, 6) is -0.586. The molecule has 1 atom stereocenters. The van der Waals surface area contributed by atoms with Crippen LogP contribution in [-0.4, -0.2) is 26.7 Å². The van der Waals surface area contributed by atoms with Gasteiger partial charge in [0.05, 0.1) is 16.3 Å². The third-order valence-electron chi connectivity index (χ3n) is 5.64. The number of likely N-dealkylation sites (N-methyl/N-ethyl adjacent to an activating group) is 1. The van der Waals surface area contributed by atoms with Gasteiger partial charge in [0.1, 0.15) is 5.82 Å². The van der Waals surface area contributed by atoms with Crippen LogP contribution in [0.4, 0.5) is 34.6 Å². The largest absolute Gasteiger partial charge is 0.418 e. The van der Waals surface area contributed by atoms with Crippen molar-refractivity contribution in [3.05, 3.63) is 52.3 Å². The maximum absolute atomic E-state index is 13.9. The van der Waals surface area contributed by atoms with Gasteiger partial charge < -0.3 is 15.5 Å². The number of rotatable bonds is 5. The maximum atomic E-state index is 13.9. The van der Waals surface area contributed by atoms with Crippen LogP contribution in [0.5, 0.6) is 0 Å². The number of nitrogens with one attached hydrogen (secondary N) is 2. The Morgan fingerprint density at radius 1 is 1.14 bits per heavy atom. The van der Waals surface area contributed by atoms with Crippen LogP contribution in [-0.2, 0) is 11.6 Å². The number of anilines is 3. The Balaban J connectivity index is 2.10. The molecule has 0 radical (unpaired) electrons. The summed E-state index contributed by atoms with van der Waals surface area (Å²) in [5.41, 5.74) is 0.375. The molecule has 0 spiro atoms. The molecule has 0 bridgehead atoms. The monoisotopic (exact) mass is 429 g/mol. The molecule has 0 unspecified atom stereocenters. The standard InChI is InChI=1S/C21H24ClF4N3/c1-20(2)14-9-13(28-12-5-6-17(23)16(22)11-12)10-15(21(24,25)26)19(14)29(4)18(20)7-8-27-3/h5-6,9-11,18,27-28H,7-8H2,1-4H3/t18-/m0/s1. The second kappa shape index (κ2) is 7.69.